The molecule has 0 saturated carbocycles. The quantitative estimate of drug-likeness (QED) is 0.869. The number of ether oxygens (including phenoxy) is 1. The largest absolute Gasteiger partial charge is 0.495 e. The first-order valence-electron chi connectivity index (χ1n) is 5.26. The van der Waals surface area contributed by atoms with E-state index in [1.54, 1.807) is 0 Å². The van der Waals surface area contributed by atoms with Gasteiger partial charge in [0.25, 0.3) is 10.0 Å². The van der Waals surface area contributed by atoms with Gasteiger partial charge in [0.05, 0.1) is 17.0 Å². The van der Waals surface area contributed by atoms with Gasteiger partial charge in [0.1, 0.15) is 23.0 Å². The minimum absolute atomic E-state index is 0.0157. The molecule has 0 fully saturated rings. The standard InChI is InChI=1S/C11H9Cl2N3O3S/c1-19-9-3-2-7(4-8(9)12)20(17,18)16-11-5-10(13)14-6-15-11/h2-6H,1H3,(H,14,15,16). The van der Waals surface area contributed by atoms with Crippen LogP contribution in [0.25, 0.3) is 0 Å². The van der Waals surface area contributed by atoms with E-state index in [0.717, 1.165) is 6.33 Å². The third-order valence-corrected chi connectivity index (χ3v) is 4.16. The summed E-state index contributed by atoms with van der Waals surface area (Å²) in [5.74, 6) is 0.452. The monoisotopic (exact) mass is 333 g/mol. The molecule has 0 aliphatic heterocycles. The zero-order chi connectivity index (χ0) is 14.8. The van der Waals surface area contributed by atoms with Gasteiger partial charge < -0.3 is 4.74 Å². The fourth-order valence-corrected chi connectivity index (χ4v) is 2.89. The molecule has 0 atom stereocenters. The van der Waals surface area contributed by atoms with Crippen molar-refractivity contribution < 1.29 is 13.2 Å². The van der Waals surface area contributed by atoms with Gasteiger partial charge >= 0.3 is 0 Å². The van der Waals surface area contributed by atoms with Crippen molar-refractivity contribution in [2.24, 2.45) is 0 Å². The zero-order valence-corrected chi connectivity index (χ0v) is 12.5. The van der Waals surface area contributed by atoms with E-state index in [0.29, 0.717) is 5.75 Å². The maximum atomic E-state index is 12.2. The van der Waals surface area contributed by atoms with Gasteiger partial charge in [0.15, 0.2) is 0 Å². The highest BCUT2D eigenvalue weighted by atomic mass is 35.5. The summed E-state index contributed by atoms with van der Waals surface area (Å²) < 4.78 is 31.5. The first-order valence-corrected chi connectivity index (χ1v) is 7.50. The molecule has 0 aliphatic rings. The number of anilines is 1. The van der Waals surface area contributed by atoms with Gasteiger partial charge in [-0.3, -0.25) is 4.72 Å². The zero-order valence-electron chi connectivity index (χ0n) is 10.2. The fraction of sp³-hybridized carbons (Fsp3) is 0.0909. The Morgan fingerprint density at radius 3 is 2.55 bits per heavy atom. The van der Waals surface area contributed by atoms with E-state index in [4.69, 9.17) is 27.9 Å². The number of nitrogens with one attached hydrogen (secondary N) is 1. The number of hydrogen-bond donors (Lipinski definition) is 1. The number of halogens is 2. The molecule has 1 N–H and O–H groups in total. The minimum atomic E-state index is -3.82. The van der Waals surface area contributed by atoms with E-state index in [9.17, 15) is 8.42 Å². The van der Waals surface area contributed by atoms with Crippen molar-refractivity contribution in [3.8, 4) is 5.75 Å². The van der Waals surface area contributed by atoms with Crippen molar-refractivity contribution in [3.63, 3.8) is 0 Å². The lowest BCUT2D eigenvalue weighted by atomic mass is 10.3. The molecule has 0 spiro atoms. The van der Waals surface area contributed by atoms with E-state index in [1.807, 2.05) is 0 Å². The summed E-state index contributed by atoms with van der Waals surface area (Å²) in [5.41, 5.74) is 0. The van der Waals surface area contributed by atoms with E-state index in [2.05, 4.69) is 14.7 Å². The second-order valence-electron chi connectivity index (χ2n) is 3.63. The first-order chi connectivity index (χ1) is 9.42. The second-order valence-corrected chi connectivity index (χ2v) is 6.10. The minimum Gasteiger partial charge on any atom is -0.495 e. The number of aromatic nitrogens is 2. The summed E-state index contributed by atoms with van der Waals surface area (Å²) in [7, 11) is -2.38. The number of hydrogen-bond acceptors (Lipinski definition) is 5. The van der Waals surface area contributed by atoms with Crippen LogP contribution in [0.2, 0.25) is 10.2 Å². The fourth-order valence-electron chi connectivity index (χ4n) is 1.40. The average Bonchev–Trinajstić information content (AvgIpc) is 2.38. The molecule has 2 aromatic rings. The SMILES string of the molecule is COc1ccc(S(=O)(=O)Nc2cc(Cl)ncn2)cc1Cl. The van der Waals surface area contributed by atoms with Gasteiger partial charge in [0, 0.05) is 6.07 Å². The lowest BCUT2D eigenvalue weighted by Crippen LogP contribution is -2.14. The van der Waals surface area contributed by atoms with Crippen molar-refractivity contribution in [2.45, 2.75) is 4.90 Å². The maximum absolute atomic E-state index is 12.2. The van der Waals surface area contributed by atoms with Crippen LogP contribution in [0.1, 0.15) is 0 Å². The molecule has 0 radical (unpaired) electrons. The van der Waals surface area contributed by atoms with Crippen molar-refractivity contribution in [3.05, 3.63) is 40.8 Å². The molecule has 0 unspecified atom stereocenters. The molecule has 1 heterocycles. The Morgan fingerprint density at radius 2 is 1.95 bits per heavy atom. The third kappa shape index (κ3) is 3.30. The molecule has 2 rings (SSSR count). The summed E-state index contributed by atoms with van der Waals surface area (Å²) in [4.78, 5) is 7.41. The van der Waals surface area contributed by atoms with E-state index in [-0.39, 0.29) is 20.9 Å². The Labute approximate surface area is 125 Å². The highest BCUT2D eigenvalue weighted by Gasteiger charge is 2.17. The lowest BCUT2D eigenvalue weighted by molar-refractivity contribution is 0.414. The third-order valence-electron chi connectivity index (χ3n) is 2.31. The summed E-state index contributed by atoms with van der Waals surface area (Å²) in [6.45, 7) is 0. The molecular formula is C11H9Cl2N3O3S. The summed E-state index contributed by atoms with van der Waals surface area (Å²) in [5, 5.41) is 0.321. The van der Waals surface area contributed by atoms with Crippen LogP contribution in [-0.2, 0) is 10.0 Å². The predicted molar refractivity (Wildman–Crippen MR) is 75.9 cm³/mol. The van der Waals surface area contributed by atoms with Gasteiger partial charge in [-0.1, -0.05) is 23.2 Å². The second kappa shape index (κ2) is 5.82. The van der Waals surface area contributed by atoms with Crippen LogP contribution in [0.3, 0.4) is 0 Å². The van der Waals surface area contributed by atoms with Crippen molar-refractivity contribution in [1.29, 1.82) is 0 Å². The number of rotatable bonds is 4. The van der Waals surface area contributed by atoms with Gasteiger partial charge in [-0.05, 0) is 18.2 Å². The number of benzene rings is 1. The lowest BCUT2D eigenvalue weighted by Gasteiger charge is -2.09. The molecule has 0 saturated heterocycles. The van der Waals surface area contributed by atoms with Gasteiger partial charge in [-0.15, -0.1) is 0 Å². The Bertz CT molecular complexity index is 737. The number of methoxy groups -OCH3 is 1. The van der Waals surface area contributed by atoms with Crippen molar-refractivity contribution in [2.75, 3.05) is 11.8 Å². The molecule has 1 aromatic heterocycles. The number of nitrogens with zero attached hydrogens (tertiary/aromatic N) is 2. The summed E-state index contributed by atoms with van der Waals surface area (Å²) in [6, 6.07) is 5.41. The summed E-state index contributed by atoms with van der Waals surface area (Å²) >= 11 is 11.6. The van der Waals surface area contributed by atoms with E-state index >= 15 is 0 Å². The van der Waals surface area contributed by atoms with Gasteiger partial charge in [-0.25, -0.2) is 18.4 Å². The molecular weight excluding hydrogens is 325 g/mol. The molecule has 0 aliphatic carbocycles. The van der Waals surface area contributed by atoms with Crippen molar-refractivity contribution in [1.82, 2.24) is 9.97 Å². The normalized spacial score (nSPS) is 11.2. The molecule has 1 aromatic carbocycles. The molecule has 9 heteroatoms. The van der Waals surface area contributed by atoms with Crippen LogP contribution in [0.4, 0.5) is 5.82 Å². The van der Waals surface area contributed by atoms with Crippen LogP contribution in [0, 0.1) is 0 Å². The Morgan fingerprint density at radius 1 is 1.20 bits per heavy atom. The Balaban J connectivity index is 2.33. The van der Waals surface area contributed by atoms with Gasteiger partial charge in [-0.2, -0.15) is 0 Å². The van der Waals surface area contributed by atoms with Crippen LogP contribution in [0.15, 0.2) is 35.5 Å². The Kier molecular flexibility index (Phi) is 4.32. The summed E-state index contributed by atoms with van der Waals surface area (Å²) in [6.07, 6.45) is 1.15. The maximum Gasteiger partial charge on any atom is 0.263 e. The first kappa shape index (κ1) is 14.8. The van der Waals surface area contributed by atoms with Crippen LogP contribution < -0.4 is 9.46 Å². The molecule has 106 valence electrons. The average molecular weight is 334 g/mol. The molecule has 0 amide bonds. The van der Waals surface area contributed by atoms with E-state index in [1.165, 1.54) is 31.4 Å². The van der Waals surface area contributed by atoms with Crippen molar-refractivity contribution >= 4 is 39.0 Å². The highest BCUT2D eigenvalue weighted by molar-refractivity contribution is 7.92. The predicted octanol–water partition coefficient (Wildman–Crippen LogP) is 2.59. The topological polar surface area (TPSA) is 81.2 Å². The van der Waals surface area contributed by atoms with Gasteiger partial charge in [0.2, 0.25) is 0 Å². The molecule has 0 bridgehead atoms. The molecule has 20 heavy (non-hydrogen) atoms. The smallest absolute Gasteiger partial charge is 0.263 e. The van der Waals surface area contributed by atoms with Crippen LogP contribution in [0.5, 0.6) is 5.75 Å². The highest BCUT2D eigenvalue weighted by Crippen LogP contribution is 2.27. The molecule has 6 nitrogen and oxygen atoms in total. The Hall–Kier alpha value is -1.57. The van der Waals surface area contributed by atoms with Crippen LogP contribution >= 0.6 is 23.2 Å². The number of sulfonamides is 1. The van der Waals surface area contributed by atoms with E-state index < -0.39 is 10.0 Å². The van der Waals surface area contributed by atoms with Crippen LogP contribution in [-0.4, -0.2) is 25.5 Å².